The molecular weight excluding hydrogens is 288 g/mol. The van der Waals surface area contributed by atoms with Gasteiger partial charge in [0.25, 0.3) is 0 Å². The lowest BCUT2D eigenvalue weighted by Gasteiger charge is -2.35. The van der Waals surface area contributed by atoms with E-state index in [0.717, 1.165) is 0 Å². The first-order chi connectivity index (χ1) is 11.5. The van der Waals surface area contributed by atoms with E-state index < -0.39 is 0 Å². The number of hydrogen-bond donors (Lipinski definition) is 0. The third-order valence-corrected chi connectivity index (χ3v) is 6.71. The highest BCUT2D eigenvalue weighted by molar-refractivity contribution is 5.79. The largest absolute Gasteiger partial charge is 0.0768 e. The lowest BCUT2D eigenvalue weighted by atomic mass is 9.67. The van der Waals surface area contributed by atoms with Crippen LogP contribution in [0.4, 0.5) is 0 Å². The van der Waals surface area contributed by atoms with E-state index >= 15 is 0 Å². The van der Waals surface area contributed by atoms with Gasteiger partial charge < -0.3 is 0 Å². The summed E-state index contributed by atoms with van der Waals surface area (Å²) in [6, 6.07) is 18.1. The highest BCUT2D eigenvalue weighted by Gasteiger charge is 2.56. The first-order valence-corrected chi connectivity index (χ1v) is 9.09. The van der Waals surface area contributed by atoms with Crippen LogP contribution in [-0.4, -0.2) is 0 Å². The van der Waals surface area contributed by atoms with Gasteiger partial charge in [0.1, 0.15) is 0 Å². The van der Waals surface area contributed by atoms with E-state index in [1.165, 1.54) is 28.7 Å². The predicted molar refractivity (Wildman–Crippen MR) is 101 cm³/mol. The van der Waals surface area contributed by atoms with Crippen LogP contribution in [0.2, 0.25) is 0 Å². The lowest BCUT2D eigenvalue weighted by Crippen LogP contribution is -2.25. The second-order valence-electron chi connectivity index (χ2n) is 8.67. The van der Waals surface area contributed by atoms with Gasteiger partial charge in [0.05, 0.1) is 0 Å². The van der Waals surface area contributed by atoms with E-state index in [1.54, 1.807) is 5.57 Å². The molecule has 2 atom stereocenters. The molecule has 24 heavy (non-hydrogen) atoms. The SMILES string of the molecule is CC1(C)CC(C)(C2c3ccccc3-c3ccccc32)C2=CC=CC21. The molecule has 0 aliphatic heterocycles. The minimum absolute atomic E-state index is 0.195. The van der Waals surface area contributed by atoms with Crippen LogP contribution < -0.4 is 0 Å². The lowest BCUT2D eigenvalue weighted by molar-refractivity contribution is 0.255. The number of hydrogen-bond acceptors (Lipinski definition) is 0. The molecule has 0 radical (unpaired) electrons. The van der Waals surface area contributed by atoms with E-state index in [1.807, 2.05) is 0 Å². The van der Waals surface area contributed by atoms with Crippen LogP contribution in [-0.2, 0) is 0 Å². The van der Waals surface area contributed by atoms with E-state index in [4.69, 9.17) is 0 Å². The van der Waals surface area contributed by atoms with Gasteiger partial charge >= 0.3 is 0 Å². The molecular formula is C24H24. The van der Waals surface area contributed by atoms with Crippen molar-refractivity contribution in [1.29, 1.82) is 0 Å². The second-order valence-corrected chi connectivity index (χ2v) is 8.67. The summed E-state index contributed by atoms with van der Waals surface area (Å²) in [5, 5.41) is 0. The summed E-state index contributed by atoms with van der Waals surface area (Å²) in [6.45, 7) is 7.40. The zero-order valence-corrected chi connectivity index (χ0v) is 14.7. The maximum atomic E-state index is 2.51. The van der Waals surface area contributed by atoms with Gasteiger partial charge in [-0.3, -0.25) is 0 Å². The highest BCUT2D eigenvalue weighted by atomic mass is 14.6. The zero-order valence-electron chi connectivity index (χ0n) is 14.7. The highest BCUT2D eigenvalue weighted by Crippen LogP contribution is 2.67. The maximum absolute atomic E-state index is 2.51. The summed E-state index contributed by atoms with van der Waals surface area (Å²) in [5.74, 6) is 1.07. The van der Waals surface area contributed by atoms with Crippen LogP contribution in [0.25, 0.3) is 11.1 Å². The van der Waals surface area contributed by atoms with E-state index in [-0.39, 0.29) is 5.41 Å². The molecule has 3 aliphatic carbocycles. The number of fused-ring (bicyclic) bond motifs is 4. The van der Waals surface area contributed by atoms with Crippen LogP contribution in [0.3, 0.4) is 0 Å². The van der Waals surface area contributed by atoms with Crippen molar-refractivity contribution in [2.75, 3.05) is 0 Å². The summed E-state index contributed by atoms with van der Waals surface area (Å²) in [5.41, 5.74) is 8.08. The van der Waals surface area contributed by atoms with Gasteiger partial charge in [-0.25, -0.2) is 0 Å². The van der Waals surface area contributed by atoms with Crippen LogP contribution in [0.1, 0.15) is 44.2 Å². The predicted octanol–water partition coefficient (Wildman–Crippen LogP) is 6.35. The van der Waals surface area contributed by atoms with Crippen molar-refractivity contribution in [3.63, 3.8) is 0 Å². The summed E-state index contributed by atoms with van der Waals surface area (Å²) < 4.78 is 0. The molecule has 0 heteroatoms. The molecule has 3 aliphatic rings. The third-order valence-electron chi connectivity index (χ3n) is 6.71. The van der Waals surface area contributed by atoms with Crippen molar-refractivity contribution < 1.29 is 0 Å². The van der Waals surface area contributed by atoms with Gasteiger partial charge in [-0.05, 0) is 34.1 Å². The van der Waals surface area contributed by atoms with E-state index in [9.17, 15) is 0 Å². The van der Waals surface area contributed by atoms with Crippen LogP contribution in [0.5, 0.6) is 0 Å². The molecule has 0 heterocycles. The number of allylic oxidation sites excluding steroid dienone is 4. The molecule has 0 amide bonds. The summed E-state index contributed by atoms with van der Waals surface area (Å²) >= 11 is 0. The normalized spacial score (nSPS) is 29.3. The Balaban J connectivity index is 1.76. The summed E-state index contributed by atoms with van der Waals surface area (Å²) in [7, 11) is 0. The maximum Gasteiger partial charge on any atom is 0.0193 e. The fraction of sp³-hybridized carbons (Fsp3) is 0.333. The average molecular weight is 312 g/mol. The molecule has 0 nitrogen and oxygen atoms in total. The Morgan fingerprint density at radius 2 is 1.42 bits per heavy atom. The molecule has 1 fully saturated rings. The van der Waals surface area contributed by atoms with Gasteiger partial charge in [0, 0.05) is 17.3 Å². The van der Waals surface area contributed by atoms with E-state index in [0.29, 0.717) is 17.3 Å². The molecule has 1 saturated carbocycles. The smallest absolute Gasteiger partial charge is 0.0193 e. The number of rotatable bonds is 1. The Labute approximate surface area is 144 Å². The monoisotopic (exact) mass is 312 g/mol. The summed E-state index contributed by atoms with van der Waals surface area (Å²) in [4.78, 5) is 0. The van der Waals surface area contributed by atoms with Crippen molar-refractivity contribution in [3.8, 4) is 11.1 Å². The Morgan fingerprint density at radius 3 is 2.04 bits per heavy atom. The first-order valence-electron chi connectivity index (χ1n) is 9.09. The second kappa shape index (κ2) is 4.51. The summed E-state index contributed by atoms with van der Waals surface area (Å²) in [6.07, 6.45) is 8.36. The third kappa shape index (κ3) is 1.64. The fourth-order valence-corrected chi connectivity index (χ4v) is 5.97. The van der Waals surface area contributed by atoms with Gasteiger partial charge in [0.15, 0.2) is 0 Å². The average Bonchev–Trinajstić information content (AvgIpc) is 3.22. The van der Waals surface area contributed by atoms with Crippen molar-refractivity contribution in [3.05, 3.63) is 83.5 Å². The fourth-order valence-electron chi connectivity index (χ4n) is 5.97. The van der Waals surface area contributed by atoms with E-state index in [2.05, 4.69) is 87.5 Å². The van der Waals surface area contributed by atoms with Gasteiger partial charge in [0.2, 0.25) is 0 Å². The quantitative estimate of drug-likeness (QED) is 0.575. The molecule has 0 bridgehead atoms. The Hall–Kier alpha value is -2.08. The number of benzene rings is 2. The van der Waals surface area contributed by atoms with Crippen molar-refractivity contribution in [2.45, 2.75) is 33.1 Å². The van der Waals surface area contributed by atoms with Crippen LogP contribution in [0, 0.1) is 16.7 Å². The Kier molecular flexibility index (Phi) is 2.68. The van der Waals surface area contributed by atoms with Crippen molar-refractivity contribution in [1.82, 2.24) is 0 Å². The molecule has 0 saturated heterocycles. The standard InChI is InChI=1S/C24H24/c1-23(2)15-24(3,21-14-8-13-20(21)23)22-18-11-6-4-9-16(18)17-10-5-7-12-19(17)22/h4-14,20,22H,15H2,1-3H3. The topological polar surface area (TPSA) is 0 Å². The minimum atomic E-state index is 0.195. The Bertz CT molecular complexity index is 850. The molecule has 0 aromatic heterocycles. The van der Waals surface area contributed by atoms with Crippen LogP contribution >= 0.6 is 0 Å². The van der Waals surface area contributed by atoms with Gasteiger partial charge in [-0.15, -0.1) is 0 Å². The molecule has 2 aromatic carbocycles. The Morgan fingerprint density at radius 1 is 0.833 bits per heavy atom. The molecule has 0 N–H and O–H groups in total. The van der Waals surface area contributed by atoms with Gasteiger partial charge in [-0.1, -0.05) is 93.1 Å². The zero-order chi connectivity index (χ0) is 16.5. The van der Waals surface area contributed by atoms with Gasteiger partial charge in [-0.2, -0.15) is 0 Å². The molecule has 0 spiro atoms. The first kappa shape index (κ1) is 14.3. The molecule has 120 valence electrons. The molecule has 2 unspecified atom stereocenters. The van der Waals surface area contributed by atoms with Crippen LogP contribution in [0.15, 0.2) is 72.3 Å². The minimum Gasteiger partial charge on any atom is -0.0768 e. The van der Waals surface area contributed by atoms with Crippen molar-refractivity contribution in [2.24, 2.45) is 16.7 Å². The van der Waals surface area contributed by atoms with Crippen molar-refractivity contribution >= 4 is 0 Å². The molecule has 2 aromatic rings. The molecule has 5 rings (SSSR count).